The van der Waals surface area contributed by atoms with E-state index in [0.717, 1.165) is 16.5 Å². The smallest absolute Gasteiger partial charge is 0.0408 e. The van der Waals surface area contributed by atoms with Gasteiger partial charge in [-0.15, -0.1) is 12.5 Å². The molecule has 1 heteroatoms. The van der Waals surface area contributed by atoms with E-state index in [-0.39, 0.29) is 0 Å². The molecule has 158 valence electrons. The third-order valence-electron chi connectivity index (χ3n) is 4.61. The number of hydrogen-bond donors (Lipinski definition) is 0. The Labute approximate surface area is 185 Å². The van der Waals surface area contributed by atoms with E-state index >= 15 is 0 Å². The van der Waals surface area contributed by atoms with Gasteiger partial charge in [0.2, 0.25) is 0 Å². The van der Waals surface area contributed by atoms with Crippen LogP contribution in [0.1, 0.15) is 72.8 Å². The first-order chi connectivity index (χ1) is 13.7. The third-order valence-corrected chi connectivity index (χ3v) is 4.84. The summed E-state index contributed by atoms with van der Waals surface area (Å²) < 4.78 is 0. The average molecular weight is 411 g/mol. The van der Waals surface area contributed by atoms with E-state index in [9.17, 15) is 0 Å². The summed E-state index contributed by atoms with van der Waals surface area (Å²) in [6, 6.07) is 7.76. The van der Waals surface area contributed by atoms with Gasteiger partial charge in [0.05, 0.1) is 0 Å². The number of rotatable bonds is 3. The zero-order valence-electron chi connectivity index (χ0n) is 19.5. The van der Waals surface area contributed by atoms with Crippen LogP contribution in [-0.4, -0.2) is 0 Å². The molecule has 0 heterocycles. The Morgan fingerprint density at radius 3 is 2.10 bits per heavy atom. The summed E-state index contributed by atoms with van der Waals surface area (Å²) in [5.41, 5.74) is 6.29. The highest BCUT2D eigenvalue weighted by Gasteiger charge is 2.15. The van der Waals surface area contributed by atoms with E-state index in [1.807, 2.05) is 52.0 Å². The zero-order chi connectivity index (χ0) is 22.2. The molecule has 0 N–H and O–H groups in total. The van der Waals surface area contributed by atoms with E-state index in [2.05, 4.69) is 57.4 Å². The number of allylic oxidation sites excluding steroid dienone is 7. The molecule has 1 aliphatic carbocycles. The van der Waals surface area contributed by atoms with Crippen LogP contribution in [0.4, 0.5) is 0 Å². The topological polar surface area (TPSA) is 0 Å². The van der Waals surface area contributed by atoms with E-state index < -0.39 is 0 Å². The first-order valence-corrected chi connectivity index (χ1v) is 10.9. The first kappa shape index (κ1) is 27.0. The predicted octanol–water partition coefficient (Wildman–Crippen LogP) is 9.27. The Hall–Kier alpha value is -1.97. The minimum Gasteiger partial charge on any atom is -0.101 e. The Bertz CT molecular complexity index is 751. The van der Waals surface area contributed by atoms with Crippen LogP contribution in [0.25, 0.3) is 0 Å². The molecule has 0 saturated heterocycles. The van der Waals surface area contributed by atoms with Crippen molar-refractivity contribution in [1.82, 2.24) is 0 Å². The fourth-order valence-electron chi connectivity index (χ4n) is 2.90. The fraction of sp³-hybridized carbons (Fsp3) is 0.429. The summed E-state index contributed by atoms with van der Waals surface area (Å²) in [4.78, 5) is 0. The van der Waals surface area contributed by atoms with Crippen LogP contribution < -0.4 is 0 Å². The lowest BCUT2D eigenvalue weighted by atomic mass is 9.97. The van der Waals surface area contributed by atoms with Crippen molar-refractivity contribution in [3.8, 4) is 11.8 Å². The number of halogens is 1. The second-order valence-corrected chi connectivity index (χ2v) is 8.26. The second-order valence-electron chi connectivity index (χ2n) is 7.83. The van der Waals surface area contributed by atoms with Crippen LogP contribution in [0.3, 0.4) is 0 Å². The summed E-state index contributed by atoms with van der Waals surface area (Å²) in [5.74, 6) is 6.98. The number of benzene rings is 1. The molecule has 1 aromatic rings. The monoisotopic (exact) mass is 410 g/mol. The molecule has 2 rings (SSSR count). The van der Waals surface area contributed by atoms with Crippen LogP contribution in [0.15, 0.2) is 71.4 Å². The zero-order valence-corrected chi connectivity index (χ0v) is 20.3. The van der Waals surface area contributed by atoms with Gasteiger partial charge < -0.3 is 0 Å². The minimum atomic E-state index is 0.810. The van der Waals surface area contributed by atoms with Gasteiger partial charge in [0.15, 0.2) is 0 Å². The van der Waals surface area contributed by atoms with Crippen molar-refractivity contribution in [2.75, 3.05) is 0 Å². The summed E-state index contributed by atoms with van der Waals surface area (Å²) in [6.07, 6.45) is 12.1. The summed E-state index contributed by atoms with van der Waals surface area (Å²) >= 11 is 5.64. The first-order valence-electron chi connectivity index (χ1n) is 10.5. The summed E-state index contributed by atoms with van der Waals surface area (Å²) in [7, 11) is 0. The van der Waals surface area contributed by atoms with Crippen LogP contribution in [0.2, 0.25) is 5.02 Å². The summed E-state index contributed by atoms with van der Waals surface area (Å²) in [5, 5.41) is 0.810. The van der Waals surface area contributed by atoms with Crippen LogP contribution in [0.5, 0.6) is 0 Å². The lowest BCUT2D eigenvalue weighted by Crippen LogP contribution is -1.94. The molecule has 0 aliphatic heterocycles. The maximum Gasteiger partial charge on any atom is 0.0408 e. The van der Waals surface area contributed by atoms with Crippen molar-refractivity contribution >= 4 is 11.6 Å². The molecule has 0 amide bonds. The molecule has 29 heavy (non-hydrogen) atoms. The minimum absolute atomic E-state index is 0.810. The van der Waals surface area contributed by atoms with E-state index in [4.69, 9.17) is 11.6 Å². The SMILES string of the molecule is C=C(C)C.CC#CC(=C\C=C(/C)C1CCCC1)/C(C)=C/C.Cc1cccc(Cl)c1. The van der Waals surface area contributed by atoms with Gasteiger partial charge in [0, 0.05) is 10.6 Å². The summed E-state index contributed by atoms with van der Waals surface area (Å²) in [6.45, 7) is 17.9. The van der Waals surface area contributed by atoms with E-state index in [0.29, 0.717) is 0 Å². The quantitative estimate of drug-likeness (QED) is 0.264. The van der Waals surface area contributed by atoms with E-state index in [1.165, 1.54) is 48.0 Å². The highest BCUT2D eigenvalue weighted by Crippen LogP contribution is 2.30. The normalized spacial score (nSPS) is 14.7. The van der Waals surface area contributed by atoms with Gasteiger partial charge in [-0.25, -0.2) is 0 Å². The second kappa shape index (κ2) is 15.9. The largest absolute Gasteiger partial charge is 0.101 e. The molecular formula is C28H39Cl. The number of aryl methyl sites for hydroxylation is 1. The lowest BCUT2D eigenvalue weighted by Gasteiger charge is -2.08. The molecule has 0 unspecified atom stereocenters. The molecular weight excluding hydrogens is 372 g/mol. The Balaban J connectivity index is 0.000000537. The van der Waals surface area contributed by atoms with Crippen molar-refractivity contribution in [2.45, 2.75) is 74.1 Å². The van der Waals surface area contributed by atoms with Gasteiger partial charge in [-0.3, -0.25) is 0 Å². The number of hydrogen-bond acceptors (Lipinski definition) is 0. The molecule has 0 atom stereocenters. The van der Waals surface area contributed by atoms with E-state index in [1.54, 1.807) is 0 Å². The lowest BCUT2D eigenvalue weighted by molar-refractivity contribution is 0.642. The molecule has 0 spiro atoms. The highest BCUT2D eigenvalue weighted by atomic mass is 35.5. The standard InChI is InChI=1S/C17H24.C7H7Cl.C4H8/c1-5-9-16(14(3)6-2)13-12-15(4)17-10-7-8-11-17;1-6-3-2-4-7(8)5-6;1-4(2)3/h6,12-13,17H,7-8,10-11H2,1-4H3;2-5H,1H3;1H2,2-3H3/b14-6+,15-12+,16-13+;;. The van der Waals surface area contributed by atoms with Gasteiger partial charge in [-0.05, 0) is 96.6 Å². The molecule has 1 aliphatic rings. The van der Waals surface area contributed by atoms with Crippen molar-refractivity contribution in [1.29, 1.82) is 0 Å². The van der Waals surface area contributed by atoms with Gasteiger partial charge >= 0.3 is 0 Å². The van der Waals surface area contributed by atoms with Crippen molar-refractivity contribution in [2.24, 2.45) is 5.92 Å². The molecule has 1 fully saturated rings. The van der Waals surface area contributed by atoms with Crippen LogP contribution in [-0.2, 0) is 0 Å². The van der Waals surface area contributed by atoms with Gasteiger partial charge in [0.25, 0.3) is 0 Å². The van der Waals surface area contributed by atoms with Crippen molar-refractivity contribution in [3.63, 3.8) is 0 Å². The molecule has 1 saturated carbocycles. The predicted molar refractivity (Wildman–Crippen MR) is 133 cm³/mol. The molecule has 0 aromatic heterocycles. The fourth-order valence-corrected chi connectivity index (χ4v) is 3.14. The average Bonchev–Trinajstić information content (AvgIpc) is 3.19. The van der Waals surface area contributed by atoms with Gasteiger partial charge in [-0.2, -0.15) is 0 Å². The Morgan fingerprint density at radius 1 is 1.10 bits per heavy atom. The molecule has 0 nitrogen and oxygen atoms in total. The maximum atomic E-state index is 5.64. The maximum absolute atomic E-state index is 5.64. The Morgan fingerprint density at radius 2 is 1.69 bits per heavy atom. The van der Waals surface area contributed by atoms with Crippen LogP contribution >= 0.6 is 11.6 Å². The third kappa shape index (κ3) is 13.8. The van der Waals surface area contributed by atoms with Crippen molar-refractivity contribution < 1.29 is 0 Å². The molecule has 0 radical (unpaired) electrons. The van der Waals surface area contributed by atoms with Gasteiger partial charge in [-0.1, -0.05) is 65.8 Å². The Kier molecular flexibility index (Phi) is 14.8. The van der Waals surface area contributed by atoms with Gasteiger partial charge in [0.1, 0.15) is 0 Å². The van der Waals surface area contributed by atoms with Crippen molar-refractivity contribution in [3.05, 3.63) is 82.0 Å². The van der Waals surface area contributed by atoms with Crippen LogP contribution in [0, 0.1) is 24.7 Å². The molecule has 1 aromatic carbocycles. The highest BCUT2D eigenvalue weighted by molar-refractivity contribution is 6.30. The molecule has 0 bridgehead atoms.